The van der Waals surface area contributed by atoms with Crippen LogP contribution in [-0.4, -0.2) is 6.04 Å². The second-order valence-electron chi connectivity index (χ2n) is 5.01. The summed E-state index contributed by atoms with van der Waals surface area (Å²) in [5.74, 6) is 2.22. The number of nitrogens with one attached hydrogen (secondary N) is 1. The Morgan fingerprint density at radius 1 is 1.19 bits per heavy atom. The van der Waals surface area contributed by atoms with E-state index in [1.165, 1.54) is 12.8 Å². The third-order valence-electron chi connectivity index (χ3n) is 3.20. The third-order valence-corrected chi connectivity index (χ3v) is 4.70. The second kappa shape index (κ2) is 6.61. The van der Waals surface area contributed by atoms with Crippen LogP contribution in [0.1, 0.15) is 24.4 Å². The number of hydrogen-bond donors (Lipinski definition) is 1. The van der Waals surface area contributed by atoms with Crippen molar-refractivity contribution in [2.45, 2.75) is 32.0 Å². The quantitative estimate of drug-likeness (QED) is 0.690. The summed E-state index contributed by atoms with van der Waals surface area (Å²) in [6.07, 6.45) is 2.53. The van der Waals surface area contributed by atoms with Crippen molar-refractivity contribution in [3.05, 3.63) is 50.3 Å². The maximum Gasteiger partial charge on any atom is 0.146 e. The predicted molar refractivity (Wildman–Crippen MR) is 87.1 cm³/mol. The van der Waals surface area contributed by atoms with Crippen LogP contribution in [0.2, 0.25) is 10.0 Å². The first-order valence-corrected chi connectivity index (χ1v) is 8.25. The van der Waals surface area contributed by atoms with Gasteiger partial charge >= 0.3 is 0 Å². The number of rotatable bonds is 6. The van der Waals surface area contributed by atoms with Crippen molar-refractivity contribution in [2.75, 3.05) is 0 Å². The van der Waals surface area contributed by atoms with Crippen LogP contribution in [0.4, 0.5) is 0 Å². The SMILES string of the molecule is Clc1cc(OCc2ccc(CNC3CC3)o2)c(Cl)cc1Br. The summed E-state index contributed by atoms with van der Waals surface area (Å²) in [6, 6.07) is 7.94. The van der Waals surface area contributed by atoms with Crippen molar-refractivity contribution < 1.29 is 9.15 Å². The van der Waals surface area contributed by atoms with Gasteiger partial charge in [0.2, 0.25) is 0 Å². The van der Waals surface area contributed by atoms with Crippen LogP contribution < -0.4 is 10.1 Å². The van der Waals surface area contributed by atoms with E-state index in [0.717, 1.165) is 22.5 Å². The highest BCUT2D eigenvalue weighted by atomic mass is 79.9. The Kier molecular flexibility index (Phi) is 4.79. The Morgan fingerprint density at radius 2 is 1.95 bits per heavy atom. The number of benzene rings is 1. The topological polar surface area (TPSA) is 34.4 Å². The van der Waals surface area contributed by atoms with Crippen molar-refractivity contribution in [1.82, 2.24) is 5.32 Å². The van der Waals surface area contributed by atoms with Gasteiger partial charge in [-0.15, -0.1) is 0 Å². The fourth-order valence-electron chi connectivity index (χ4n) is 1.89. The summed E-state index contributed by atoms with van der Waals surface area (Å²) in [5, 5.41) is 4.47. The largest absolute Gasteiger partial charge is 0.484 e. The molecule has 1 N–H and O–H groups in total. The third kappa shape index (κ3) is 4.16. The first-order valence-electron chi connectivity index (χ1n) is 6.70. The molecule has 1 aliphatic rings. The molecule has 0 radical (unpaired) electrons. The number of hydrogen-bond acceptors (Lipinski definition) is 3. The molecule has 0 atom stereocenters. The van der Waals surface area contributed by atoms with Gasteiger partial charge in [-0.25, -0.2) is 0 Å². The Morgan fingerprint density at radius 3 is 2.71 bits per heavy atom. The molecule has 0 saturated heterocycles. The lowest BCUT2D eigenvalue weighted by atomic mass is 10.3. The van der Waals surface area contributed by atoms with E-state index in [-0.39, 0.29) is 0 Å². The smallest absolute Gasteiger partial charge is 0.146 e. The van der Waals surface area contributed by atoms with Crippen molar-refractivity contribution in [1.29, 1.82) is 0 Å². The normalized spacial score (nSPS) is 14.4. The second-order valence-corrected chi connectivity index (χ2v) is 6.68. The predicted octanol–water partition coefficient (Wildman–Crippen LogP) is 5.18. The van der Waals surface area contributed by atoms with Gasteiger partial charge in [0.25, 0.3) is 0 Å². The molecular weight excluding hydrogens is 377 g/mol. The molecule has 1 heterocycles. The van der Waals surface area contributed by atoms with E-state index in [1.54, 1.807) is 12.1 Å². The molecule has 0 aliphatic heterocycles. The van der Waals surface area contributed by atoms with Crippen LogP contribution in [0.25, 0.3) is 0 Å². The van der Waals surface area contributed by atoms with Crippen LogP contribution in [0.15, 0.2) is 33.2 Å². The van der Waals surface area contributed by atoms with Crippen LogP contribution in [0.3, 0.4) is 0 Å². The zero-order chi connectivity index (χ0) is 14.8. The van der Waals surface area contributed by atoms with Gasteiger partial charge in [0.05, 0.1) is 16.6 Å². The zero-order valence-electron chi connectivity index (χ0n) is 11.2. The summed E-state index contributed by atoms with van der Waals surface area (Å²) in [6.45, 7) is 1.08. The Labute approximate surface area is 141 Å². The van der Waals surface area contributed by atoms with Crippen LogP contribution in [-0.2, 0) is 13.2 Å². The van der Waals surface area contributed by atoms with Crippen LogP contribution >= 0.6 is 39.1 Å². The summed E-state index contributed by atoms with van der Waals surface area (Å²) >= 11 is 15.5. The maximum absolute atomic E-state index is 6.11. The monoisotopic (exact) mass is 389 g/mol. The van der Waals surface area contributed by atoms with Crippen molar-refractivity contribution in [3.8, 4) is 5.75 Å². The minimum absolute atomic E-state index is 0.321. The summed E-state index contributed by atoms with van der Waals surface area (Å²) in [4.78, 5) is 0. The molecule has 1 aliphatic carbocycles. The molecular formula is C15H14BrCl2NO2. The van der Waals surface area contributed by atoms with E-state index in [4.69, 9.17) is 32.4 Å². The molecule has 0 bridgehead atoms. The zero-order valence-corrected chi connectivity index (χ0v) is 14.3. The average molecular weight is 391 g/mol. The van der Waals surface area contributed by atoms with Crippen molar-refractivity contribution >= 4 is 39.1 Å². The first kappa shape index (κ1) is 15.2. The van der Waals surface area contributed by atoms with Gasteiger partial charge in [0.1, 0.15) is 23.9 Å². The Bertz CT molecular complexity index is 641. The van der Waals surface area contributed by atoms with E-state index in [9.17, 15) is 0 Å². The van der Waals surface area contributed by atoms with E-state index in [2.05, 4.69) is 21.2 Å². The molecule has 0 unspecified atom stereocenters. The molecule has 1 aromatic carbocycles. The molecule has 1 saturated carbocycles. The van der Waals surface area contributed by atoms with E-state index >= 15 is 0 Å². The van der Waals surface area contributed by atoms with Gasteiger partial charge in [-0.2, -0.15) is 0 Å². The molecule has 3 nitrogen and oxygen atoms in total. The standard InChI is InChI=1S/C15H14BrCl2NO2/c16-12-5-14(18)15(6-13(12)17)20-8-11-4-3-10(21-11)7-19-9-1-2-9/h3-6,9,19H,1-2,7-8H2. The fraction of sp³-hybridized carbons (Fsp3) is 0.333. The molecule has 112 valence electrons. The maximum atomic E-state index is 6.11. The molecule has 3 rings (SSSR count). The van der Waals surface area contributed by atoms with Gasteiger partial charge in [0.15, 0.2) is 0 Å². The molecule has 0 spiro atoms. The molecule has 0 amide bonds. The number of ether oxygens (including phenoxy) is 1. The van der Waals surface area contributed by atoms with Crippen LogP contribution in [0, 0.1) is 0 Å². The van der Waals surface area contributed by atoms with E-state index in [1.807, 2.05) is 12.1 Å². The molecule has 1 fully saturated rings. The summed E-state index contributed by atoms with van der Waals surface area (Å²) < 4.78 is 12.1. The van der Waals surface area contributed by atoms with Gasteiger partial charge < -0.3 is 14.5 Å². The van der Waals surface area contributed by atoms with Gasteiger partial charge in [-0.1, -0.05) is 23.2 Å². The number of furan rings is 1. The molecule has 6 heteroatoms. The molecule has 21 heavy (non-hydrogen) atoms. The van der Waals surface area contributed by atoms with E-state index < -0.39 is 0 Å². The average Bonchev–Trinajstić information content (AvgIpc) is 3.18. The lowest BCUT2D eigenvalue weighted by Gasteiger charge is -2.08. The highest BCUT2D eigenvalue weighted by Gasteiger charge is 2.20. The number of halogens is 3. The van der Waals surface area contributed by atoms with Gasteiger partial charge in [-0.05, 0) is 47.0 Å². The van der Waals surface area contributed by atoms with Crippen LogP contribution in [0.5, 0.6) is 5.75 Å². The summed E-state index contributed by atoms with van der Waals surface area (Å²) in [5.41, 5.74) is 0. The molecule has 1 aromatic heterocycles. The highest BCUT2D eigenvalue weighted by Crippen LogP contribution is 2.34. The fourth-order valence-corrected chi connectivity index (χ4v) is 2.74. The summed E-state index contributed by atoms with van der Waals surface area (Å²) in [7, 11) is 0. The molecule has 2 aromatic rings. The lowest BCUT2D eigenvalue weighted by Crippen LogP contribution is -2.14. The Balaban J connectivity index is 1.58. The lowest BCUT2D eigenvalue weighted by molar-refractivity contribution is 0.265. The van der Waals surface area contributed by atoms with Crippen molar-refractivity contribution in [2.24, 2.45) is 0 Å². The highest BCUT2D eigenvalue weighted by molar-refractivity contribution is 9.10. The van der Waals surface area contributed by atoms with E-state index in [0.29, 0.717) is 28.4 Å². The minimum atomic E-state index is 0.321. The first-order chi connectivity index (χ1) is 10.1. The van der Waals surface area contributed by atoms with Gasteiger partial charge in [-0.3, -0.25) is 0 Å². The minimum Gasteiger partial charge on any atom is -0.484 e. The van der Waals surface area contributed by atoms with Gasteiger partial charge in [0, 0.05) is 16.6 Å². The van der Waals surface area contributed by atoms with Crippen molar-refractivity contribution in [3.63, 3.8) is 0 Å². The Hall–Kier alpha value is -0.680.